The van der Waals surface area contributed by atoms with Gasteiger partial charge in [0.25, 0.3) is 0 Å². The Kier molecular flexibility index (Phi) is 5.66. The van der Waals surface area contributed by atoms with E-state index in [0.717, 1.165) is 39.1 Å². The highest BCUT2D eigenvalue weighted by atomic mass is 32.1. The first-order valence-electron chi connectivity index (χ1n) is 8.06. The molecule has 0 atom stereocenters. The summed E-state index contributed by atoms with van der Waals surface area (Å²) in [7, 11) is 1.55. The van der Waals surface area contributed by atoms with E-state index >= 15 is 0 Å². The first kappa shape index (κ1) is 16.7. The highest BCUT2D eigenvalue weighted by Crippen LogP contribution is 2.20. The molecule has 0 spiro atoms. The molecule has 0 aromatic carbocycles. The number of nitrogens with one attached hydrogen (secondary N) is 1. The molecule has 1 saturated heterocycles. The molecule has 3 rings (SSSR count). The van der Waals surface area contributed by atoms with Crippen LogP contribution in [0.25, 0.3) is 0 Å². The van der Waals surface area contributed by atoms with Gasteiger partial charge in [0, 0.05) is 43.8 Å². The van der Waals surface area contributed by atoms with Crippen LogP contribution in [0.3, 0.4) is 0 Å². The summed E-state index contributed by atoms with van der Waals surface area (Å²) in [5, 5.41) is 5.01. The van der Waals surface area contributed by atoms with Crippen LogP contribution in [0, 0.1) is 0 Å². The Labute approximate surface area is 146 Å². The fourth-order valence-corrected chi connectivity index (χ4v) is 3.54. The summed E-state index contributed by atoms with van der Waals surface area (Å²) in [6.07, 6.45) is 2.62. The smallest absolute Gasteiger partial charge is 0.322 e. The van der Waals surface area contributed by atoms with Gasteiger partial charge in [0.1, 0.15) is 5.69 Å². The number of thiophene rings is 1. The number of carbonyl (C=O) groups is 1. The molecule has 1 aliphatic heterocycles. The van der Waals surface area contributed by atoms with Gasteiger partial charge in [0.05, 0.1) is 7.11 Å². The van der Waals surface area contributed by atoms with Crippen molar-refractivity contribution in [3.63, 3.8) is 0 Å². The number of nitrogens with zero attached hydrogens (tertiary/aromatic N) is 3. The van der Waals surface area contributed by atoms with Gasteiger partial charge >= 0.3 is 6.03 Å². The SMILES string of the molecule is COc1ncccc1NC(=O)N1CCCN(Cc2cccs2)CC1. The van der Waals surface area contributed by atoms with Crippen molar-refractivity contribution in [2.45, 2.75) is 13.0 Å². The molecule has 128 valence electrons. The molecule has 1 fully saturated rings. The zero-order valence-corrected chi connectivity index (χ0v) is 14.6. The Morgan fingerprint density at radius 1 is 1.29 bits per heavy atom. The van der Waals surface area contributed by atoms with Gasteiger partial charge in [-0.25, -0.2) is 9.78 Å². The molecule has 2 aromatic heterocycles. The number of urea groups is 1. The van der Waals surface area contributed by atoms with Crippen molar-refractivity contribution >= 4 is 23.1 Å². The van der Waals surface area contributed by atoms with Crippen molar-refractivity contribution in [1.82, 2.24) is 14.8 Å². The van der Waals surface area contributed by atoms with Crippen molar-refractivity contribution in [2.24, 2.45) is 0 Å². The van der Waals surface area contributed by atoms with Crippen LogP contribution < -0.4 is 10.1 Å². The first-order valence-corrected chi connectivity index (χ1v) is 8.94. The van der Waals surface area contributed by atoms with E-state index in [1.807, 2.05) is 4.90 Å². The minimum absolute atomic E-state index is 0.0979. The molecule has 6 nitrogen and oxygen atoms in total. The Morgan fingerprint density at radius 3 is 3.00 bits per heavy atom. The summed E-state index contributed by atoms with van der Waals surface area (Å²) in [6, 6.07) is 7.72. The van der Waals surface area contributed by atoms with E-state index < -0.39 is 0 Å². The summed E-state index contributed by atoms with van der Waals surface area (Å²) >= 11 is 1.78. The molecule has 7 heteroatoms. The fourth-order valence-electron chi connectivity index (χ4n) is 2.80. The van der Waals surface area contributed by atoms with Gasteiger partial charge in [-0.2, -0.15) is 0 Å². The van der Waals surface area contributed by atoms with Crippen LogP contribution in [0.2, 0.25) is 0 Å². The second kappa shape index (κ2) is 8.12. The molecule has 0 aliphatic carbocycles. The van der Waals surface area contributed by atoms with E-state index in [2.05, 4.69) is 32.7 Å². The summed E-state index contributed by atoms with van der Waals surface area (Å²) in [4.78, 5) is 22.3. The van der Waals surface area contributed by atoms with Crippen LogP contribution >= 0.6 is 11.3 Å². The third-order valence-electron chi connectivity index (χ3n) is 4.04. The number of aromatic nitrogens is 1. The number of ether oxygens (including phenoxy) is 1. The average molecular weight is 346 g/mol. The fraction of sp³-hybridized carbons (Fsp3) is 0.412. The summed E-state index contributed by atoms with van der Waals surface area (Å²) in [5.74, 6) is 0.431. The number of anilines is 1. The van der Waals surface area contributed by atoms with Crippen molar-refractivity contribution in [1.29, 1.82) is 0 Å². The van der Waals surface area contributed by atoms with E-state index in [9.17, 15) is 4.79 Å². The standard InChI is InChI=1S/C17H22N4O2S/c1-23-16-15(6-2-7-18-16)19-17(22)21-9-4-8-20(10-11-21)13-14-5-3-12-24-14/h2-3,5-7,12H,4,8-11,13H2,1H3,(H,19,22). The molecule has 1 N–H and O–H groups in total. The Morgan fingerprint density at radius 2 is 2.21 bits per heavy atom. The van der Waals surface area contributed by atoms with E-state index in [1.165, 1.54) is 4.88 Å². The van der Waals surface area contributed by atoms with Crippen molar-refractivity contribution in [3.05, 3.63) is 40.7 Å². The largest absolute Gasteiger partial charge is 0.480 e. The summed E-state index contributed by atoms with van der Waals surface area (Å²) in [5.41, 5.74) is 0.602. The molecule has 0 saturated carbocycles. The lowest BCUT2D eigenvalue weighted by Crippen LogP contribution is -2.38. The summed E-state index contributed by atoms with van der Waals surface area (Å²) in [6.45, 7) is 4.34. The average Bonchev–Trinajstić information content (AvgIpc) is 2.99. The topological polar surface area (TPSA) is 57.7 Å². The van der Waals surface area contributed by atoms with E-state index in [4.69, 9.17) is 4.74 Å². The molecule has 0 bridgehead atoms. The van der Waals surface area contributed by atoms with E-state index in [-0.39, 0.29) is 6.03 Å². The van der Waals surface area contributed by atoms with Gasteiger partial charge in [0.2, 0.25) is 5.88 Å². The van der Waals surface area contributed by atoms with Gasteiger partial charge in [0.15, 0.2) is 0 Å². The van der Waals surface area contributed by atoms with Crippen LogP contribution in [0.5, 0.6) is 5.88 Å². The molecule has 2 amide bonds. The van der Waals surface area contributed by atoms with Crippen molar-refractivity contribution in [2.75, 3.05) is 38.6 Å². The molecule has 0 radical (unpaired) electrons. The van der Waals surface area contributed by atoms with Gasteiger partial charge in [-0.3, -0.25) is 4.90 Å². The number of methoxy groups -OCH3 is 1. The number of hydrogen-bond donors (Lipinski definition) is 1. The van der Waals surface area contributed by atoms with Crippen LogP contribution in [0.4, 0.5) is 10.5 Å². The number of amides is 2. The quantitative estimate of drug-likeness (QED) is 0.925. The zero-order chi connectivity index (χ0) is 16.8. The Bertz CT molecular complexity index is 662. The van der Waals surface area contributed by atoms with Crippen LogP contribution in [-0.2, 0) is 6.54 Å². The van der Waals surface area contributed by atoms with Crippen LogP contribution in [0.15, 0.2) is 35.8 Å². The predicted octanol–water partition coefficient (Wildman–Crippen LogP) is 2.89. The van der Waals surface area contributed by atoms with E-state index in [0.29, 0.717) is 11.6 Å². The number of hydrogen-bond acceptors (Lipinski definition) is 5. The Hall–Kier alpha value is -2.12. The van der Waals surface area contributed by atoms with Crippen LogP contribution in [-0.4, -0.2) is 54.1 Å². The van der Waals surface area contributed by atoms with Crippen LogP contribution in [0.1, 0.15) is 11.3 Å². The first-order chi connectivity index (χ1) is 11.8. The Balaban J connectivity index is 1.56. The molecule has 3 heterocycles. The minimum atomic E-state index is -0.0979. The van der Waals surface area contributed by atoms with Crippen molar-refractivity contribution < 1.29 is 9.53 Å². The van der Waals surface area contributed by atoms with Gasteiger partial charge in [-0.15, -0.1) is 11.3 Å². The van der Waals surface area contributed by atoms with Gasteiger partial charge in [-0.1, -0.05) is 6.07 Å². The van der Waals surface area contributed by atoms with Gasteiger partial charge < -0.3 is 15.0 Å². The maximum atomic E-state index is 12.5. The van der Waals surface area contributed by atoms with E-state index in [1.54, 1.807) is 36.8 Å². The third-order valence-corrected chi connectivity index (χ3v) is 4.90. The lowest BCUT2D eigenvalue weighted by atomic mass is 10.3. The number of carbonyl (C=O) groups excluding carboxylic acids is 1. The minimum Gasteiger partial charge on any atom is -0.480 e. The van der Waals surface area contributed by atoms with Gasteiger partial charge in [-0.05, 0) is 30.0 Å². The second-order valence-electron chi connectivity index (χ2n) is 5.69. The maximum Gasteiger partial charge on any atom is 0.322 e. The highest BCUT2D eigenvalue weighted by molar-refractivity contribution is 7.09. The predicted molar refractivity (Wildman–Crippen MR) is 95.6 cm³/mol. The molecule has 24 heavy (non-hydrogen) atoms. The molecular formula is C17H22N4O2S. The second-order valence-corrected chi connectivity index (χ2v) is 6.72. The number of rotatable bonds is 4. The lowest BCUT2D eigenvalue weighted by molar-refractivity contribution is 0.211. The molecule has 2 aromatic rings. The monoisotopic (exact) mass is 346 g/mol. The van der Waals surface area contributed by atoms with Crippen molar-refractivity contribution in [3.8, 4) is 5.88 Å². The molecule has 0 unspecified atom stereocenters. The normalized spacial score (nSPS) is 15.8. The third kappa shape index (κ3) is 4.24. The maximum absolute atomic E-state index is 12.5. The summed E-state index contributed by atoms with van der Waals surface area (Å²) < 4.78 is 5.18. The molecule has 1 aliphatic rings. The molecular weight excluding hydrogens is 324 g/mol. The number of pyridine rings is 1. The lowest BCUT2D eigenvalue weighted by Gasteiger charge is -2.22. The highest BCUT2D eigenvalue weighted by Gasteiger charge is 2.20. The zero-order valence-electron chi connectivity index (χ0n) is 13.8.